The monoisotopic (exact) mass is 290 g/mol. The second-order valence-electron chi connectivity index (χ2n) is 4.44. The molecule has 0 amide bonds. The molecule has 5 nitrogen and oxygen atoms in total. The number of carbonyl (C=O) groups excluding carboxylic acids is 1. The SMILES string of the molecule is CCOC(=O)C(C=CN)=N[C@@H](C)COCc1ccccc1. The van der Waals surface area contributed by atoms with Crippen LogP contribution >= 0.6 is 0 Å². The van der Waals surface area contributed by atoms with Crippen molar-refractivity contribution in [1.29, 1.82) is 0 Å². The number of carbonyl (C=O) groups is 1. The van der Waals surface area contributed by atoms with Gasteiger partial charge in [0, 0.05) is 0 Å². The van der Waals surface area contributed by atoms with Crippen LogP contribution in [-0.4, -0.2) is 30.9 Å². The van der Waals surface area contributed by atoms with Gasteiger partial charge in [-0.2, -0.15) is 0 Å². The van der Waals surface area contributed by atoms with Crippen LogP contribution in [0.1, 0.15) is 19.4 Å². The molecule has 0 bridgehead atoms. The van der Waals surface area contributed by atoms with Crippen LogP contribution in [0.4, 0.5) is 0 Å². The molecule has 0 aliphatic rings. The Kier molecular flexibility index (Phi) is 7.82. The summed E-state index contributed by atoms with van der Waals surface area (Å²) < 4.78 is 10.5. The van der Waals surface area contributed by atoms with Gasteiger partial charge in [0.05, 0.1) is 25.9 Å². The van der Waals surface area contributed by atoms with Crippen molar-refractivity contribution in [2.24, 2.45) is 10.7 Å². The quantitative estimate of drug-likeness (QED) is 0.587. The first-order valence-electron chi connectivity index (χ1n) is 6.92. The second kappa shape index (κ2) is 9.72. The molecule has 0 saturated heterocycles. The zero-order valence-corrected chi connectivity index (χ0v) is 12.5. The molecule has 21 heavy (non-hydrogen) atoms. The van der Waals surface area contributed by atoms with Crippen molar-refractivity contribution in [3.05, 3.63) is 48.2 Å². The third-order valence-electron chi connectivity index (χ3n) is 2.57. The number of rotatable bonds is 8. The zero-order chi connectivity index (χ0) is 15.5. The highest BCUT2D eigenvalue weighted by Gasteiger charge is 2.11. The Morgan fingerprint density at radius 1 is 1.38 bits per heavy atom. The van der Waals surface area contributed by atoms with Crippen molar-refractivity contribution in [2.75, 3.05) is 13.2 Å². The maximum absolute atomic E-state index is 11.7. The molecule has 0 radical (unpaired) electrons. The van der Waals surface area contributed by atoms with E-state index in [4.69, 9.17) is 15.2 Å². The van der Waals surface area contributed by atoms with Gasteiger partial charge in [-0.05, 0) is 31.7 Å². The van der Waals surface area contributed by atoms with Gasteiger partial charge in [-0.1, -0.05) is 30.3 Å². The van der Waals surface area contributed by atoms with Gasteiger partial charge < -0.3 is 15.2 Å². The van der Waals surface area contributed by atoms with Gasteiger partial charge in [-0.3, -0.25) is 4.99 Å². The largest absolute Gasteiger partial charge is 0.461 e. The summed E-state index contributed by atoms with van der Waals surface area (Å²) in [7, 11) is 0. The van der Waals surface area contributed by atoms with Crippen LogP contribution in [0.25, 0.3) is 0 Å². The first-order valence-corrected chi connectivity index (χ1v) is 6.92. The Bertz CT molecular complexity index is 484. The molecule has 0 aliphatic carbocycles. The number of hydrogen-bond acceptors (Lipinski definition) is 5. The second-order valence-corrected chi connectivity index (χ2v) is 4.44. The Morgan fingerprint density at radius 2 is 2.10 bits per heavy atom. The molecule has 0 aromatic heterocycles. The highest BCUT2D eigenvalue weighted by molar-refractivity contribution is 6.41. The predicted octanol–water partition coefficient (Wildman–Crippen LogP) is 2.07. The average molecular weight is 290 g/mol. The van der Waals surface area contributed by atoms with Crippen LogP contribution in [0.15, 0.2) is 47.6 Å². The van der Waals surface area contributed by atoms with Crippen molar-refractivity contribution in [3.63, 3.8) is 0 Å². The number of nitrogens with two attached hydrogens (primary N) is 1. The van der Waals surface area contributed by atoms with Gasteiger partial charge in [0.15, 0.2) is 0 Å². The highest BCUT2D eigenvalue weighted by Crippen LogP contribution is 2.02. The zero-order valence-electron chi connectivity index (χ0n) is 12.5. The highest BCUT2D eigenvalue weighted by atomic mass is 16.5. The van der Waals surface area contributed by atoms with Gasteiger partial charge in [0.1, 0.15) is 5.71 Å². The number of ether oxygens (including phenoxy) is 2. The van der Waals surface area contributed by atoms with Gasteiger partial charge in [0.25, 0.3) is 0 Å². The van der Waals surface area contributed by atoms with Gasteiger partial charge in [-0.15, -0.1) is 0 Å². The summed E-state index contributed by atoms with van der Waals surface area (Å²) in [5.41, 5.74) is 6.62. The van der Waals surface area contributed by atoms with Gasteiger partial charge in [-0.25, -0.2) is 4.79 Å². The van der Waals surface area contributed by atoms with E-state index in [0.29, 0.717) is 19.8 Å². The summed E-state index contributed by atoms with van der Waals surface area (Å²) >= 11 is 0. The molecule has 0 saturated carbocycles. The molecular formula is C16H22N2O3. The minimum absolute atomic E-state index is 0.163. The Balaban J connectivity index is 2.50. The predicted molar refractivity (Wildman–Crippen MR) is 83.0 cm³/mol. The lowest BCUT2D eigenvalue weighted by Crippen LogP contribution is -2.20. The van der Waals surface area contributed by atoms with E-state index in [2.05, 4.69) is 4.99 Å². The lowest BCUT2D eigenvalue weighted by atomic mass is 10.2. The summed E-state index contributed by atoms with van der Waals surface area (Å²) in [6.07, 6.45) is 2.71. The summed E-state index contributed by atoms with van der Waals surface area (Å²) in [5, 5.41) is 0. The Hall–Kier alpha value is -2.14. The minimum Gasteiger partial charge on any atom is -0.461 e. The minimum atomic E-state index is -0.478. The van der Waals surface area contributed by atoms with E-state index in [9.17, 15) is 4.79 Å². The van der Waals surface area contributed by atoms with Crippen LogP contribution in [0.3, 0.4) is 0 Å². The van der Waals surface area contributed by atoms with Crippen LogP contribution < -0.4 is 5.73 Å². The molecule has 5 heteroatoms. The van der Waals surface area contributed by atoms with Crippen molar-refractivity contribution in [2.45, 2.75) is 26.5 Å². The third kappa shape index (κ3) is 6.72. The van der Waals surface area contributed by atoms with Crippen LogP contribution in [0.2, 0.25) is 0 Å². The topological polar surface area (TPSA) is 73.9 Å². The summed E-state index contributed by atoms with van der Waals surface area (Å²) in [6, 6.07) is 9.71. The van der Waals surface area contributed by atoms with E-state index in [0.717, 1.165) is 5.56 Å². The summed E-state index contributed by atoms with van der Waals surface area (Å²) in [5.74, 6) is -0.478. The molecule has 0 fully saturated rings. The molecule has 0 heterocycles. The lowest BCUT2D eigenvalue weighted by Gasteiger charge is -2.10. The van der Waals surface area contributed by atoms with E-state index < -0.39 is 5.97 Å². The maximum atomic E-state index is 11.7. The number of hydrogen-bond donors (Lipinski definition) is 1. The number of aliphatic imine (C=N–C) groups is 1. The fourth-order valence-electron chi connectivity index (χ4n) is 1.66. The first kappa shape index (κ1) is 16.9. The Labute approximate surface area is 125 Å². The maximum Gasteiger partial charge on any atom is 0.356 e. The van der Waals surface area contributed by atoms with E-state index >= 15 is 0 Å². The molecule has 0 aliphatic heterocycles. The molecule has 1 aromatic rings. The van der Waals surface area contributed by atoms with Crippen molar-refractivity contribution >= 4 is 11.7 Å². The standard InChI is InChI=1S/C16H22N2O3/c1-3-21-16(19)15(9-10-17)18-13(2)11-20-12-14-7-5-4-6-8-14/h4-10,13H,3,11-12,17H2,1-2H3/t13-/m0/s1. The van der Waals surface area contributed by atoms with Crippen molar-refractivity contribution in [1.82, 2.24) is 0 Å². The molecule has 0 spiro atoms. The van der Waals surface area contributed by atoms with E-state index in [1.807, 2.05) is 37.3 Å². The molecule has 0 unspecified atom stereocenters. The molecule has 114 valence electrons. The summed E-state index contributed by atoms with van der Waals surface area (Å²) in [4.78, 5) is 15.9. The van der Waals surface area contributed by atoms with Gasteiger partial charge >= 0.3 is 5.97 Å². The number of esters is 1. The van der Waals surface area contributed by atoms with Gasteiger partial charge in [0.2, 0.25) is 0 Å². The molecule has 2 N–H and O–H groups in total. The lowest BCUT2D eigenvalue weighted by molar-refractivity contribution is -0.134. The van der Waals surface area contributed by atoms with Crippen LogP contribution in [-0.2, 0) is 20.9 Å². The van der Waals surface area contributed by atoms with Crippen LogP contribution in [0.5, 0.6) is 0 Å². The third-order valence-corrected chi connectivity index (χ3v) is 2.57. The van der Waals surface area contributed by atoms with Crippen molar-refractivity contribution in [3.8, 4) is 0 Å². The normalized spacial score (nSPS) is 13.3. The molecular weight excluding hydrogens is 268 g/mol. The van der Waals surface area contributed by atoms with Crippen LogP contribution in [0, 0.1) is 0 Å². The molecule has 1 atom stereocenters. The summed E-state index contributed by atoms with van der Waals surface area (Å²) in [6.45, 7) is 4.84. The van der Waals surface area contributed by atoms with E-state index in [1.54, 1.807) is 6.92 Å². The van der Waals surface area contributed by atoms with Crippen molar-refractivity contribution < 1.29 is 14.3 Å². The smallest absolute Gasteiger partial charge is 0.356 e. The Morgan fingerprint density at radius 3 is 2.71 bits per heavy atom. The number of benzene rings is 1. The van der Waals surface area contributed by atoms with E-state index in [-0.39, 0.29) is 11.8 Å². The fourth-order valence-corrected chi connectivity index (χ4v) is 1.66. The number of nitrogens with zero attached hydrogens (tertiary/aromatic N) is 1. The van der Waals surface area contributed by atoms with E-state index in [1.165, 1.54) is 12.3 Å². The fraction of sp³-hybridized carbons (Fsp3) is 0.375. The first-order chi connectivity index (χ1) is 10.2. The molecule has 1 aromatic carbocycles. The average Bonchev–Trinajstić information content (AvgIpc) is 2.48. The molecule has 1 rings (SSSR count).